The van der Waals surface area contributed by atoms with Crippen LogP contribution in [-0.2, 0) is 0 Å². The number of amides is 2. The van der Waals surface area contributed by atoms with Gasteiger partial charge < -0.3 is 19.4 Å². The summed E-state index contributed by atoms with van der Waals surface area (Å²) in [4.78, 5) is 32.7. The highest BCUT2D eigenvalue weighted by Gasteiger charge is 2.23. The Morgan fingerprint density at radius 2 is 1.77 bits per heavy atom. The third kappa shape index (κ3) is 6.19. The second kappa shape index (κ2) is 10.8. The Bertz CT molecular complexity index is 699. The van der Waals surface area contributed by atoms with E-state index in [4.69, 9.17) is 4.74 Å². The van der Waals surface area contributed by atoms with Crippen molar-refractivity contribution in [3.63, 3.8) is 0 Å². The van der Waals surface area contributed by atoms with Crippen molar-refractivity contribution in [2.45, 2.75) is 32.2 Å². The molecular formula is C23H36N4O3. The lowest BCUT2D eigenvalue weighted by Crippen LogP contribution is -2.52. The van der Waals surface area contributed by atoms with Crippen molar-refractivity contribution < 1.29 is 14.3 Å². The number of carbonyl (C=O) groups excluding carboxylic acids is 2. The van der Waals surface area contributed by atoms with Gasteiger partial charge in [-0.2, -0.15) is 0 Å². The van der Waals surface area contributed by atoms with Gasteiger partial charge in [0.1, 0.15) is 5.75 Å². The Kier molecular flexibility index (Phi) is 8.10. The number of nitrogens with zero attached hydrogens (tertiary/aromatic N) is 4. The molecule has 0 aromatic heterocycles. The molecular weight excluding hydrogens is 380 g/mol. The van der Waals surface area contributed by atoms with Crippen molar-refractivity contribution in [1.82, 2.24) is 19.6 Å². The quantitative estimate of drug-likeness (QED) is 0.481. The van der Waals surface area contributed by atoms with Gasteiger partial charge in [-0.15, -0.1) is 0 Å². The molecule has 0 bridgehead atoms. The van der Waals surface area contributed by atoms with Crippen LogP contribution >= 0.6 is 0 Å². The average Bonchev–Trinajstić information content (AvgIpc) is 3.16. The summed E-state index contributed by atoms with van der Waals surface area (Å²) >= 11 is 0. The third-order valence-electron chi connectivity index (χ3n) is 6.12. The van der Waals surface area contributed by atoms with E-state index in [1.54, 1.807) is 19.0 Å². The van der Waals surface area contributed by atoms with Gasteiger partial charge in [0, 0.05) is 58.4 Å². The smallest absolute Gasteiger partial charge is 0.319 e. The number of hydrogen-bond acceptors (Lipinski definition) is 5. The van der Waals surface area contributed by atoms with Gasteiger partial charge in [-0.1, -0.05) is 0 Å². The predicted molar refractivity (Wildman–Crippen MR) is 118 cm³/mol. The number of hydrogen-bond donors (Lipinski definition) is 0. The van der Waals surface area contributed by atoms with Crippen LogP contribution in [0.1, 0.15) is 36.5 Å². The number of carbonyl (C=O) groups is 2. The van der Waals surface area contributed by atoms with Crippen LogP contribution in [0.15, 0.2) is 24.3 Å². The van der Waals surface area contributed by atoms with E-state index in [1.165, 1.54) is 19.4 Å². The van der Waals surface area contributed by atoms with Crippen LogP contribution in [0.3, 0.4) is 0 Å². The van der Waals surface area contributed by atoms with E-state index in [1.807, 2.05) is 29.2 Å². The van der Waals surface area contributed by atoms with E-state index in [-0.39, 0.29) is 11.8 Å². The summed E-state index contributed by atoms with van der Waals surface area (Å²) in [6, 6.07) is 8.22. The van der Waals surface area contributed by atoms with E-state index in [0.29, 0.717) is 37.8 Å². The summed E-state index contributed by atoms with van der Waals surface area (Å²) < 4.78 is 5.85. The molecule has 0 radical (unpaired) electrons. The van der Waals surface area contributed by atoms with Crippen molar-refractivity contribution in [3.8, 4) is 5.75 Å². The standard InChI is InChI=1S/C23H36N4O3/c1-19-6-4-11-26(19)12-5-17-30-21-9-7-20(8-10-21)22(28)18-25-13-15-27(16-14-25)23(29)24(2)3/h7-10,19H,4-6,11-18H2,1-3H3/t19-/m1/s1. The molecule has 2 aliphatic heterocycles. The number of Topliss-reactive ketones (excluding diaryl/α,β-unsaturated/α-hetero) is 1. The van der Waals surface area contributed by atoms with Crippen molar-refractivity contribution in [3.05, 3.63) is 29.8 Å². The molecule has 1 aromatic rings. The summed E-state index contributed by atoms with van der Waals surface area (Å²) in [5, 5.41) is 0. The molecule has 0 unspecified atom stereocenters. The Labute approximate surface area is 180 Å². The maximum Gasteiger partial charge on any atom is 0.319 e. The van der Waals surface area contributed by atoms with Gasteiger partial charge in [-0.25, -0.2) is 4.79 Å². The molecule has 30 heavy (non-hydrogen) atoms. The highest BCUT2D eigenvalue weighted by molar-refractivity contribution is 5.97. The minimum atomic E-state index is 0.0338. The number of piperazine rings is 1. The minimum Gasteiger partial charge on any atom is -0.494 e. The lowest BCUT2D eigenvalue weighted by molar-refractivity contribution is 0.0863. The zero-order chi connectivity index (χ0) is 21.5. The van der Waals surface area contributed by atoms with Crippen molar-refractivity contribution >= 4 is 11.8 Å². The number of rotatable bonds is 8. The molecule has 7 nitrogen and oxygen atoms in total. The number of likely N-dealkylation sites (tertiary alicyclic amines) is 1. The van der Waals surface area contributed by atoms with Gasteiger partial charge in [0.2, 0.25) is 0 Å². The molecule has 3 rings (SSSR count). The molecule has 0 N–H and O–H groups in total. The summed E-state index contributed by atoms with van der Waals surface area (Å²) in [5.41, 5.74) is 0.708. The topological polar surface area (TPSA) is 56.3 Å². The van der Waals surface area contributed by atoms with E-state index >= 15 is 0 Å². The van der Waals surface area contributed by atoms with Crippen molar-refractivity contribution in [1.29, 1.82) is 0 Å². The maximum atomic E-state index is 12.6. The first-order valence-electron chi connectivity index (χ1n) is 11.1. The maximum absolute atomic E-state index is 12.6. The Morgan fingerprint density at radius 3 is 2.37 bits per heavy atom. The number of ketones is 1. The summed E-state index contributed by atoms with van der Waals surface area (Å²) in [6.07, 6.45) is 3.63. The molecule has 166 valence electrons. The van der Waals surface area contributed by atoms with Crippen LogP contribution in [0.4, 0.5) is 4.79 Å². The minimum absolute atomic E-state index is 0.0338. The second-order valence-corrected chi connectivity index (χ2v) is 8.62. The first-order chi connectivity index (χ1) is 14.4. The fourth-order valence-electron chi connectivity index (χ4n) is 4.19. The van der Waals surface area contributed by atoms with Crippen LogP contribution in [0, 0.1) is 0 Å². The number of ether oxygens (including phenoxy) is 1. The van der Waals surface area contributed by atoms with E-state index in [2.05, 4.69) is 16.7 Å². The van der Waals surface area contributed by atoms with Crippen molar-refractivity contribution in [2.75, 3.05) is 66.5 Å². The number of urea groups is 1. The van der Waals surface area contributed by atoms with Crippen LogP contribution in [-0.4, -0.2) is 104 Å². The Morgan fingerprint density at radius 1 is 1.07 bits per heavy atom. The Balaban J connectivity index is 1.37. The zero-order valence-corrected chi connectivity index (χ0v) is 18.7. The fraction of sp³-hybridized carbons (Fsp3) is 0.652. The molecule has 2 heterocycles. The van der Waals surface area contributed by atoms with Gasteiger partial charge in [-0.3, -0.25) is 9.69 Å². The monoisotopic (exact) mass is 416 g/mol. The van der Waals surface area contributed by atoms with Gasteiger partial charge >= 0.3 is 6.03 Å². The summed E-state index contributed by atoms with van der Waals surface area (Å²) in [7, 11) is 3.53. The van der Waals surface area contributed by atoms with Crippen LogP contribution in [0.5, 0.6) is 5.75 Å². The molecule has 0 saturated carbocycles. The molecule has 2 amide bonds. The van der Waals surface area contributed by atoms with Gasteiger partial charge in [0.15, 0.2) is 5.78 Å². The lowest BCUT2D eigenvalue weighted by atomic mass is 10.1. The van der Waals surface area contributed by atoms with Gasteiger partial charge in [-0.05, 0) is 57.0 Å². The van der Waals surface area contributed by atoms with E-state index in [9.17, 15) is 9.59 Å². The largest absolute Gasteiger partial charge is 0.494 e. The van der Waals surface area contributed by atoms with Gasteiger partial charge in [0.05, 0.1) is 13.2 Å². The summed E-state index contributed by atoms with van der Waals surface area (Å²) in [6.45, 7) is 8.45. The highest BCUT2D eigenvalue weighted by atomic mass is 16.5. The zero-order valence-electron chi connectivity index (χ0n) is 18.7. The molecule has 7 heteroatoms. The predicted octanol–water partition coefficient (Wildman–Crippen LogP) is 2.42. The molecule has 2 aliphatic rings. The van der Waals surface area contributed by atoms with E-state index in [0.717, 1.165) is 31.8 Å². The number of benzene rings is 1. The summed E-state index contributed by atoms with van der Waals surface area (Å²) in [5.74, 6) is 0.925. The van der Waals surface area contributed by atoms with Gasteiger partial charge in [0.25, 0.3) is 0 Å². The fourth-order valence-corrected chi connectivity index (χ4v) is 4.19. The average molecular weight is 417 g/mol. The van der Waals surface area contributed by atoms with Crippen LogP contribution < -0.4 is 4.74 Å². The second-order valence-electron chi connectivity index (χ2n) is 8.62. The molecule has 1 aromatic carbocycles. The Hall–Kier alpha value is -2.12. The van der Waals surface area contributed by atoms with Crippen LogP contribution in [0.25, 0.3) is 0 Å². The van der Waals surface area contributed by atoms with E-state index < -0.39 is 0 Å². The first-order valence-corrected chi connectivity index (χ1v) is 11.1. The normalized spacial score (nSPS) is 20.4. The third-order valence-corrected chi connectivity index (χ3v) is 6.12. The van der Waals surface area contributed by atoms with Crippen LogP contribution in [0.2, 0.25) is 0 Å². The molecule has 0 spiro atoms. The molecule has 0 aliphatic carbocycles. The molecule has 2 saturated heterocycles. The van der Waals surface area contributed by atoms with Crippen molar-refractivity contribution in [2.24, 2.45) is 0 Å². The highest BCUT2D eigenvalue weighted by Crippen LogP contribution is 2.17. The molecule has 2 fully saturated rings. The molecule has 1 atom stereocenters. The SMILES string of the molecule is C[C@@H]1CCCN1CCCOc1ccc(C(=O)CN2CCN(C(=O)N(C)C)CC2)cc1. The lowest BCUT2D eigenvalue weighted by Gasteiger charge is -2.35. The first kappa shape index (κ1) is 22.6.